The topological polar surface area (TPSA) is 96.3 Å². The Balaban J connectivity index is 1.32. The monoisotopic (exact) mass is 523 g/mol. The molecule has 4 aromatic rings. The molecule has 0 spiro atoms. The average molecular weight is 524 g/mol. The van der Waals surface area contributed by atoms with Gasteiger partial charge in [0.05, 0.1) is 12.1 Å². The van der Waals surface area contributed by atoms with E-state index < -0.39 is 0 Å². The van der Waals surface area contributed by atoms with Crippen LogP contribution in [0.1, 0.15) is 31.4 Å². The zero-order valence-corrected chi connectivity index (χ0v) is 22.4. The van der Waals surface area contributed by atoms with Crippen LogP contribution in [0.3, 0.4) is 0 Å². The van der Waals surface area contributed by atoms with Crippen LogP contribution in [0, 0.1) is 5.92 Å². The van der Waals surface area contributed by atoms with Crippen LogP contribution >= 0.6 is 0 Å². The fourth-order valence-corrected chi connectivity index (χ4v) is 5.22. The lowest BCUT2D eigenvalue weighted by Gasteiger charge is -2.33. The third kappa shape index (κ3) is 5.34. The molecule has 0 bridgehead atoms. The van der Waals surface area contributed by atoms with Gasteiger partial charge in [0, 0.05) is 57.1 Å². The Hall–Kier alpha value is -4.27. The standard InChI is InChI=1S/C30H33N7O2/c1-35(2)27(38)17-25-18-32-28(23-12-9-20-6-3-4-7-22(20)16-23)37(25)26-13-14-31-30(34-26)33-24-8-5-15-36(19-24)29(39)21-10-11-21/h3-4,6-7,9,12-14,16,18,21,24H,5,8,10-11,15,17,19H2,1-2H3,(H,31,33,34)/t24-/m0/s1. The van der Waals surface area contributed by atoms with Crippen LogP contribution < -0.4 is 5.32 Å². The van der Waals surface area contributed by atoms with Gasteiger partial charge in [-0.25, -0.2) is 9.97 Å². The number of hydrogen-bond acceptors (Lipinski definition) is 6. The number of likely N-dealkylation sites (tertiary alicyclic amines) is 1. The lowest BCUT2D eigenvalue weighted by molar-refractivity contribution is -0.133. The second-order valence-electron chi connectivity index (χ2n) is 10.7. The molecule has 9 nitrogen and oxygen atoms in total. The molecule has 9 heteroatoms. The van der Waals surface area contributed by atoms with Gasteiger partial charge in [-0.3, -0.25) is 14.2 Å². The van der Waals surface area contributed by atoms with E-state index in [1.165, 1.54) is 0 Å². The van der Waals surface area contributed by atoms with Gasteiger partial charge in [-0.2, -0.15) is 4.98 Å². The normalized spacial score (nSPS) is 17.3. The molecule has 1 aliphatic carbocycles. The van der Waals surface area contributed by atoms with Crippen LogP contribution in [0.15, 0.2) is 60.9 Å². The zero-order chi connectivity index (χ0) is 26.9. The van der Waals surface area contributed by atoms with Gasteiger partial charge in [-0.1, -0.05) is 36.4 Å². The van der Waals surface area contributed by atoms with Crippen LogP contribution in [-0.4, -0.2) is 74.4 Å². The Morgan fingerprint density at radius 1 is 1.03 bits per heavy atom. The van der Waals surface area contributed by atoms with Gasteiger partial charge in [0.1, 0.15) is 11.6 Å². The number of rotatable bonds is 7. The van der Waals surface area contributed by atoms with E-state index in [2.05, 4.69) is 34.6 Å². The van der Waals surface area contributed by atoms with E-state index >= 15 is 0 Å². The summed E-state index contributed by atoms with van der Waals surface area (Å²) >= 11 is 0. The smallest absolute Gasteiger partial charge is 0.228 e. The lowest BCUT2D eigenvalue weighted by atomic mass is 10.1. The highest BCUT2D eigenvalue weighted by Crippen LogP contribution is 2.32. The summed E-state index contributed by atoms with van der Waals surface area (Å²) in [6.45, 7) is 1.49. The van der Waals surface area contributed by atoms with Crippen molar-refractivity contribution in [2.45, 2.75) is 38.1 Å². The molecular formula is C30H33N7O2. The maximum atomic E-state index is 12.7. The van der Waals surface area contributed by atoms with Crippen molar-refractivity contribution in [2.75, 3.05) is 32.5 Å². The largest absolute Gasteiger partial charge is 0.350 e. The van der Waals surface area contributed by atoms with Crippen LogP contribution in [0.5, 0.6) is 0 Å². The van der Waals surface area contributed by atoms with Crippen molar-refractivity contribution in [1.82, 2.24) is 29.3 Å². The van der Waals surface area contributed by atoms with Crippen molar-refractivity contribution in [3.05, 3.63) is 66.6 Å². The van der Waals surface area contributed by atoms with E-state index in [4.69, 9.17) is 9.97 Å². The van der Waals surface area contributed by atoms with E-state index in [-0.39, 0.29) is 30.2 Å². The van der Waals surface area contributed by atoms with Crippen LogP contribution in [0.4, 0.5) is 5.95 Å². The summed E-state index contributed by atoms with van der Waals surface area (Å²) in [6, 6.07) is 16.4. The number of imidazole rings is 1. The Morgan fingerprint density at radius 3 is 2.64 bits per heavy atom. The number of aromatic nitrogens is 4. The van der Waals surface area contributed by atoms with Crippen molar-refractivity contribution < 1.29 is 9.59 Å². The van der Waals surface area contributed by atoms with E-state index in [9.17, 15) is 9.59 Å². The fraction of sp³-hybridized carbons (Fsp3) is 0.367. The summed E-state index contributed by atoms with van der Waals surface area (Å²) in [7, 11) is 3.50. The molecule has 0 unspecified atom stereocenters. The predicted octanol–water partition coefficient (Wildman–Crippen LogP) is 3.93. The SMILES string of the molecule is CN(C)C(=O)Cc1cnc(-c2ccc3ccccc3c2)n1-c1ccnc(N[C@H]2CCCN(C(=O)C3CC3)C2)n1. The average Bonchev–Trinajstić information content (AvgIpc) is 3.72. The Labute approximate surface area is 227 Å². The summed E-state index contributed by atoms with van der Waals surface area (Å²) < 4.78 is 1.95. The number of fused-ring (bicyclic) bond motifs is 1. The first-order chi connectivity index (χ1) is 19.0. The second kappa shape index (κ2) is 10.5. The highest BCUT2D eigenvalue weighted by atomic mass is 16.2. The molecule has 2 aromatic heterocycles. The molecule has 2 amide bonds. The molecule has 3 heterocycles. The summed E-state index contributed by atoms with van der Waals surface area (Å²) in [5, 5.41) is 5.73. The van der Waals surface area contributed by atoms with Crippen LogP contribution in [-0.2, 0) is 16.0 Å². The Bertz CT molecular complexity index is 1520. The van der Waals surface area contributed by atoms with Gasteiger partial charge in [0.15, 0.2) is 0 Å². The van der Waals surface area contributed by atoms with Crippen molar-refractivity contribution in [3.63, 3.8) is 0 Å². The second-order valence-corrected chi connectivity index (χ2v) is 10.7. The van der Waals surface area contributed by atoms with Crippen LogP contribution in [0.2, 0.25) is 0 Å². The number of hydrogen-bond donors (Lipinski definition) is 1. The third-order valence-electron chi connectivity index (χ3n) is 7.54. The molecular weight excluding hydrogens is 490 g/mol. The van der Waals surface area contributed by atoms with E-state index in [1.807, 2.05) is 33.7 Å². The third-order valence-corrected chi connectivity index (χ3v) is 7.54. The van der Waals surface area contributed by atoms with E-state index in [0.717, 1.165) is 54.3 Å². The van der Waals surface area contributed by atoms with Gasteiger partial charge in [0.25, 0.3) is 0 Å². The molecule has 1 atom stereocenters. The first-order valence-corrected chi connectivity index (χ1v) is 13.6. The molecule has 200 valence electrons. The molecule has 1 N–H and O–H groups in total. The molecule has 39 heavy (non-hydrogen) atoms. The van der Waals surface area contributed by atoms with Gasteiger partial charge in [-0.05, 0) is 48.6 Å². The Morgan fingerprint density at radius 2 is 1.85 bits per heavy atom. The molecule has 1 aliphatic heterocycles. The molecule has 1 saturated heterocycles. The van der Waals surface area contributed by atoms with Gasteiger partial charge in [0.2, 0.25) is 17.8 Å². The number of nitrogens with one attached hydrogen (secondary N) is 1. The number of carbonyl (C=O) groups excluding carboxylic acids is 2. The fourth-order valence-electron chi connectivity index (χ4n) is 5.22. The number of carbonyl (C=O) groups is 2. The summed E-state index contributed by atoms with van der Waals surface area (Å²) in [5.41, 5.74) is 1.69. The maximum Gasteiger partial charge on any atom is 0.228 e. The van der Waals surface area contributed by atoms with E-state index in [1.54, 1.807) is 31.4 Å². The predicted molar refractivity (Wildman–Crippen MR) is 150 cm³/mol. The molecule has 2 aliphatic rings. The zero-order valence-electron chi connectivity index (χ0n) is 22.4. The highest BCUT2D eigenvalue weighted by molar-refractivity contribution is 5.87. The summed E-state index contributed by atoms with van der Waals surface area (Å²) in [4.78, 5) is 43.0. The first-order valence-electron chi connectivity index (χ1n) is 13.6. The van der Waals surface area contributed by atoms with Gasteiger partial charge >= 0.3 is 0 Å². The van der Waals surface area contributed by atoms with Gasteiger partial charge < -0.3 is 15.1 Å². The molecule has 0 radical (unpaired) electrons. The number of likely N-dealkylation sites (N-methyl/N-ethyl adjacent to an activating group) is 1. The van der Waals surface area contributed by atoms with Crippen LogP contribution in [0.25, 0.3) is 28.0 Å². The molecule has 6 rings (SSSR count). The van der Waals surface area contributed by atoms with Crippen molar-refractivity contribution in [1.29, 1.82) is 0 Å². The minimum Gasteiger partial charge on any atom is -0.350 e. The summed E-state index contributed by atoms with van der Waals surface area (Å²) in [5.74, 6) is 2.34. The first kappa shape index (κ1) is 25.0. The maximum absolute atomic E-state index is 12.7. The minimum absolute atomic E-state index is 0.0174. The minimum atomic E-state index is -0.0174. The number of anilines is 1. The van der Waals surface area contributed by atoms with Crippen molar-refractivity contribution in [2.24, 2.45) is 5.92 Å². The number of nitrogens with zero attached hydrogens (tertiary/aromatic N) is 6. The molecule has 2 fully saturated rings. The van der Waals surface area contributed by atoms with Crippen molar-refractivity contribution in [3.8, 4) is 17.2 Å². The lowest BCUT2D eigenvalue weighted by Crippen LogP contribution is -2.45. The Kier molecular flexibility index (Phi) is 6.72. The van der Waals surface area contributed by atoms with Gasteiger partial charge in [-0.15, -0.1) is 0 Å². The quantitative estimate of drug-likeness (QED) is 0.394. The summed E-state index contributed by atoms with van der Waals surface area (Å²) in [6.07, 6.45) is 7.62. The molecule has 1 saturated carbocycles. The van der Waals surface area contributed by atoms with Crippen molar-refractivity contribution >= 4 is 28.5 Å². The number of benzene rings is 2. The number of piperidine rings is 1. The van der Waals surface area contributed by atoms with E-state index in [0.29, 0.717) is 24.1 Å². The highest BCUT2D eigenvalue weighted by Gasteiger charge is 2.35. The number of amides is 2. The molecule has 2 aromatic carbocycles.